The molecule has 2 aromatic rings. The fraction of sp³-hybridized carbons (Fsp3) is 0.455. The van der Waals surface area contributed by atoms with Crippen LogP contribution in [0, 0.1) is 0 Å². The molecule has 37 heavy (non-hydrogen) atoms. The fourth-order valence-corrected chi connectivity index (χ4v) is 4.54. The third kappa shape index (κ3) is 7.03. The Hall–Kier alpha value is -3.07. The minimum Gasteiger partial charge on any atom is -0.468 e. The van der Waals surface area contributed by atoms with E-state index < -0.39 is 69.6 Å². The van der Waals surface area contributed by atoms with Crippen molar-refractivity contribution in [3.05, 3.63) is 35.5 Å². The second kappa shape index (κ2) is 10.4. The Morgan fingerprint density at radius 1 is 1.14 bits per heavy atom. The van der Waals surface area contributed by atoms with E-state index in [1.165, 1.54) is 0 Å². The number of aliphatic hydroxyl groups excluding tert-OH is 1. The number of aromatic nitrogens is 1. The maximum atomic E-state index is 13.9. The highest BCUT2D eigenvalue weighted by Gasteiger charge is 2.40. The summed E-state index contributed by atoms with van der Waals surface area (Å²) in [5.41, 5.74) is 2.02. The number of sulfone groups is 1. The number of nitrogens with zero attached hydrogens (tertiary/aromatic N) is 1. The zero-order valence-corrected chi connectivity index (χ0v) is 20.1. The number of aliphatic hydroxyl groups is 1. The second-order valence-corrected chi connectivity index (χ2v) is 10.6. The summed E-state index contributed by atoms with van der Waals surface area (Å²) < 4.78 is 108. The normalized spacial score (nSPS) is 18.9. The Kier molecular flexibility index (Phi) is 7.98. The number of nitrogen functional groups attached to an aromatic ring is 1. The number of carbonyl (C=O) groups is 1. The molecule has 3 rings (SSSR count). The number of rotatable bonds is 6. The van der Waals surface area contributed by atoms with Crippen LogP contribution in [0.4, 0.5) is 32.0 Å². The van der Waals surface area contributed by atoms with Gasteiger partial charge in [-0.1, -0.05) is 18.9 Å². The number of hydrogen-bond acceptors (Lipinski definition) is 7. The molecule has 1 saturated carbocycles. The fourth-order valence-electron chi connectivity index (χ4n) is 3.88. The first-order valence-electron chi connectivity index (χ1n) is 10.9. The molecule has 0 spiro atoms. The number of anilines is 1. The van der Waals surface area contributed by atoms with Gasteiger partial charge in [0.05, 0.1) is 22.6 Å². The van der Waals surface area contributed by atoms with Crippen LogP contribution in [0.1, 0.15) is 41.7 Å². The molecule has 4 N–H and O–H groups in total. The van der Waals surface area contributed by atoms with Crippen LogP contribution in [0.15, 0.2) is 29.2 Å². The molecule has 15 heteroatoms. The van der Waals surface area contributed by atoms with Gasteiger partial charge in [-0.2, -0.15) is 26.3 Å². The molecule has 1 aromatic heterocycles. The van der Waals surface area contributed by atoms with Crippen molar-refractivity contribution >= 4 is 21.4 Å². The van der Waals surface area contributed by atoms with Crippen molar-refractivity contribution in [3.63, 3.8) is 0 Å². The quantitative estimate of drug-likeness (QED) is 0.366. The summed E-state index contributed by atoms with van der Waals surface area (Å²) in [6, 6.07) is 2.87. The maximum Gasteiger partial charge on any atom is 0.434 e. The third-order valence-corrected chi connectivity index (χ3v) is 6.77. The van der Waals surface area contributed by atoms with E-state index in [-0.39, 0.29) is 16.1 Å². The Labute approximate surface area is 207 Å². The van der Waals surface area contributed by atoms with Gasteiger partial charge in [0.15, 0.2) is 22.1 Å². The zero-order valence-electron chi connectivity index (χ0n) is 19.3. The molecular weight excluding hydrogens is 532 g/mol. The van der Waals surface area contributed by atoms with Gasteiger partial charge in [0, 0.05) is 23.1 Å². The predicted octanol–water partition coefficient (Wildman–Crippen LogP) is 3.73. The molecule has 0 aliphatic heterocycles. The summed E-state index contributed by atoms with van der Waals surface area (Å²) in [5.74, 6) is -2.38. The summed E-state index contributed by atoms with van der Waals surface area (Å²) >= 11 is 0. The van der Waals surface area contributed by atoms with E-state index in [2.05, 4.69) is 15.0 Å². The van der Waals surface area contributed by atoms with Crippen molar-refractivity contribution < 1.29 is 49.4 Å². The highest BCUT2D eigenvalue weighted by Crippen LogP contribution is 2.40. The van der Waals surface area contributed by atoms with Gasteiger partial charge < -0.3 is 20.9 Å². The van der Waals surface area contributed by atoms with Gasteiger partial charge in [0.2, 0.25) is 5.88 Å². The summed E-state index contributed by atoms with van der Waals surface area (Å²) in [6.45, 7) is -1.99. The molecule has 8 nitrogen and oxygen atoms in total. The Morgan fingerprint density at radius 2 is 1.78 bits per heavy atom. The summed E-state index contributed by atoms with van der Waals surface area (Å²) in [4.78, 5) is 15.9. The van der Waals surface area contributed by atoms with Crippen molar-refractivity contribution in [2.24, 2.45) is 0 Å². The van der Waals surface area contributed by atoms with Gasteiger partial charge in [-0.05, 0) is 31.0 Å². The Balaban J connectivity index is 2.19. The van der Waals surface area contributed by atoms with Crippen LogP contribution in [0.2, 0.25) is 0 Å². The summed E-state index contributed by atoms with van der Waals surface area (Å²) in [7, 11) is -3.75. The number of hydrogen-bond donors (Lipinski definition) is 3. The number of carbonyl (C=O) groups excluding carboxylic acids is 1. The van der Waals surface area contributed by atoms with Gasteiger partial charge in [-0.3, -0.25) is 4.79 Å². The minimum absolute atomic E-state index is 0.211. The number of nitrogens with two attached hydrogens (primary N) is 1. The van der Waals surface area contributed by atoms with Crippen molar-refractivity contribution in [2.75, 3.05) is 18.6 Å². The first-order chi connectivity index (χ1) is 17.0. The average Bonchev–Trinajstić information content (AvgIpc) is 2.77. The monoisotopic (exact) mass is 555 g/mol. The van der Waals surface area contributed by atoms with E-state index in [0.717, 1.165) is 24.5 Å². The van der Waals surface area contributed by atoms with Crippen molar-refractivity contribution in [1.82, 2.24) is 10.3 Å². The van der Waals surface area contributed by atoms with Crippen LogP contribution >= 0.6 is 0 Å². The van der Waals surface area contributed by atoms with E-state index >= 15 is 0 Å². The SMILES string of the molecule is CS(=O)(=O)c1ccc(-c2cc(C(=O)N[C@@H]3CCCC[C@H]3O)c(C(F)(F)F)nc2OCC(F)(F)F)c(N)c1. The number of alkyl halides is 6. The van der Waals surface area contributed by atoms with Gasteiger partial charge in [0.1, 0.15) is 0 Å². The largest absolute Gasteiger partial charge is 0.468 e. The molecule has 1 aliphatic carbocycles. The third-order valence-electron chi connectivity index (χ3n) is 5.66. The molecule has 0 unspecified atom stereocenters. The van der Waals surface area contributed by atoms with Crippen LogP contribution in [-0.2, 0) is 16.0 Å². The van der Waals surface area contributed by atoms with E-state index in [4.69, 9.17) is 5.73 Å². The van der Waals surface area contributed by atoms with Gasteiger partial charge >= 0.3 is 12.4 Å². The van der Waals surface area contributed by atoms with E-state index in [0.29, 0.717) is 31.7 Å². The number of halogens is 6. The first-order valence-corrected chi connectivity index (χ1v) is 12.8. The molecule has 1 aliphatic rings. The molecular formula is C22H23F6N3O5S. The lowest BCUT2D eigenvalue weighted by molar-refractivity contribution is -0.154. The minimum atomic E-state index is -5.27. The summed E-state index contributed by atoms with van der Waals surface area (Å²) in [6.07, 6.45) is -8.40. The van der Waals surface area contributed by atoms with Crippen LogP contribution in [0.5, 0.6) is 5.88 Å². The van der Waals surface area contributed by atoms with E-state index in [1.54, 1.807) is 0 Å². The molecule has 1 aromatic carbocycles. The number of amides is 1. The lowest BCUT2D eigenvalue weighted by atomic mass is 9.92. The predicted molar refractivity (Wildman–Crippen MR) is 119 cm³/mol. The van der Waals surface area contributed by atoms with Crippen LogP contribution in [0.25, 0.3) is 11.1 Å². The van der Waals surface area contributed by atoms with Crippen molar-refractivity contribution in [3.8, 4) is 17.0 Å². The van der Waals surface area contributed by atoms with Gasteiger partial charge in [-0.15, -0.1) is 0 Å². The molecule has 1 fully saturated rings. The lowest BCUT2D eigenvalue weighted by Gasteiger charge is -2.28. The van der Waals surface area contributed by atoms with Crippen molar-refractivity contribution in [1.29, 1.82) is 0 Å². The molecule has 1 heterocycles. The topological polar surface area (TPSA) is 132 Å². The van der Waals surface area contributed by atoms with Gasteiger partial charge in [0.25, 0.3) is 5.91 Å². The smallest absolute Gasteiger partial charge is 0.434 e. The number of benzene rings is 1. The van der Waals surface area contributed by atoms with Gasteiger partial charge in [-0.25, -0.2) is 13.4 Å². The van der Waals surface area contributed by atoms with Crippen molar-refractivity contribution in [2.45, 2.75) is 55.1 Å². The maximum absolute atomic E-state index is 13.9. The number of pyridine rings is 1. The first kappa shape index (κ1) is 28.5. The molecule has 0 radical (unpaired) electrons. The zero-order chi connectivity index (χ0) is 27.8. The highest BCUT2D eigenvalue weighted by molar-refractivity contribution is 7.90. The number of nitrogens with one attached hydrogen (secondary N) is 1. The van der Waals surface area contributed by atoms with Crippen LogP contribution in [0.3, 0.4) is 0 Å². The second-order valence-electron chi connectivity index (χ2n) is 8.59. The van der Waals surface area contributed by atoms with Crippen LogP contribution in [-0.4, -0.2) is 55.6 Å². The van der Waals surface area contributed by atoms with E-state index in [1.807, 2.05) is 0 Å². The highest BCUT2D eigenvalue weighted by atomic mass is 32.2. The Bertz CT molecular complexity index is 1280. The standard InChI is InChI=1S/C22H23F6N3O5S/c1-37(34,35)11-6-7-12(15(29)8-11)13-9-14(19(33)30-16-4-2-3-5-17(16)32)18(22(26,27)28)31-20(13)36-10-21(23,24)25/h6-9,16-17,32H,2-5,10,29H2,1H3,(H,30,33)/t16-,17-/m1/s1. The summed E-state index contributed by atoms with van der Waals surface area (Å²) in [5, 5.41) is 12.4. The molecule has 204 valence electrons. The number of ether oxygens (including phenoxy) is 1. The Morgan fingerprint density at radius 3 is 2.32 bits per heavy atom. The average molecular weight is 555 g/mol. The van der Waals surface area contributed by atoms with Crippen LogP contribution < -0.4 is 15.8 Å². The lowest BCUT2D eigenvalue weighted by Crippen LogP contribution is -2.45. The van der Waals surface area contributed by atoms with E-state index in [9.17, 15) is 44.7 Å². The molecule has 2 atom stereocenters. The molecule has 0 bridgehead atoms. The molecule has 1 amide bonds. The molecule has 0 saturated heterocycles.